The molecule has 0 fully saturated rings. The zero-order valence-electron chi connectivity index (χ0n) is 27.2. The van der Waals surface area contributed by atoms with Crippen molar-refractivity contribution in [2.24, 2.45) is 9.98 Å². The minimum atomic E-state index is -0.237. The fourth-order valence-corrected chi connectivity index (χ4v) is 10.1. The fraction of sp³-hybridized carbons (Fsp3) is 0.0222. The van der Waals surface area contributed by atoms with Crippen LogP contribution >= 0.6 is 22.7 Å². The zero-order chi connectivity index (χ0) is 33.5. The third-order valence-electron chi connectivity index (χ3n) is 10.1. The van der Waals surface area contributed by atoms with E-state index in [9.17, 15) is 0 Å². The van der Waals surface area contributed by atoms with Crippen molar-refractivity contribution in [2.75, 3.05) is 0 Å². The van der Waals surface area contributed by atoms with E-state index in [0.29, 0.717) is 0 Å². The van der Waals surface area contributed by atoms with E-state index in [1.54, 1.807) is 0 Å². The molecule has 6 heteroatoms. The van der Waals surface area contributed by atoms with Gasteiger partial charge >= 0.3 is 0 Å². The molecule has 0 amide bonds. The number of hydrogen-bond donors (Lipinski definition) is 1. The molecule has 1 aliphatic rings. The van der Waals surface area contributed by atoms with Crippen molar-refractivity contribution in [1.29, 1.82) is 0 Å². The highest BCUT2D eigenvalue weighted by Crippen LogP contribution is 2.44. The Hall–Kier alpha value is -6.08. The lowest BCUT2D eigenvalue weighted by Crippen LogP contribution is -2.33. The molecule has 3 aromatic heterocycles. The van der Waals surface area contributed by atoms with Crippen LogP contribution in [0.1, 0.15) is 22.9 Å². The van der Waals surface area contributed by atoms with E-state index in [2.05, 4.69) is 155 Å². The number of rotatable bonds is 4. The van der Waals surface area contributed by atoms with E-state index in [0.717, 1.165) is 28.4 Å². The van der Waals surface area contributed by atoms with Crippen molar-refractivity contribution in [3.05, 3.63) is 174 Å². The maximum absolute atomic E-state index is 5.21. The summed E-state index contributed by atoms with van der Waals surface area (Å²) in [6.07, 6.45) is -0.237. The summed E-state index contributed by atoms with van der Waals surface area (Å²) in [4.78, 5) is 10.3. The second-order valence-electron chi connectivity index (χ2n) is 13.0. The summed E-state index contributed by atoms with van der Waals surface area (Å²) < 4.78 is 7.50. The third kappa shape index (κ3) is 4.50. The summed E-state index contributed by atoms with van der Waals surface area (Å²) in [7, 11) is 0. The van der Waals surface area contributed by atoms with Crippen molar-refractivity contribution in [2.45, 2.75) is 6.17 Å². The zero-order valence-corrected chi connectivity index (χ0v) is 28.9. The lowest BCUT2D eigenvalue weighted by molar-refractivity contribution is 0.674. The van der Waals surface area contributed by atoms with Crippen molar-refractivity contribution >= 4 is 96.5 Å². The third-order valence-corrected chi connectivity index (χ3v) is 12.4. The Morgan fingerprint density at radius 1 is 0.510 bits per heavy atom. The van der Waals surface area contributed by atoms with E-state index >= 15 is 0 Å². The van der Waals surface area contributed by atoms with Gasteiger partial charge in [0.2, 0.25) is 0 Å². The van der Waals surface area contributed by atoms with E-state index in [1.165, 1.54) is 67.8 Å². The lowest BCUT2D eigenvalue weighted by atomic mass is 10.0. The van der Waals surface area contributed by atoms with Crippen LogP contribution in [0.15, 0.2) is 168 Å². The van der Waals surface area contributed by atoms with Crippen LogP contribution in [0.4, 0.5) is 0 Å². The van der Waals surface area contributed by atoms with Crippen LogP contribution in [-0.4, -0.2) is 16.2 Å². The van der Waals surface area contributed by atoms with Gasteiger partial charge in [0.25, 0.3) is 0 Å². The Morgan fingerprint density at radius 3 is 1.94 bits per heavy atom. The average Bonchev–Trinajstić information content (AvgIpc) is 3.86. The highest BCUT2D eigenvalue weighted by Gasteiger charge is 2.23. The Labute approximate surface area is 301 Å². The molecule has 0 saturated carbocycles. The van der Waals surface area contributed by atoms with Crippen LogP contribution in [0.3, 0.4) is 0 Å². The first-order chi connectivity index (χ1) is 25.3. The van der Waals surface area contributed by atoms with Crippen molar-refractivity contribution in [3.63, 3.8) is 0 Å². The smallest absolute Gasteiger partial charge is 0.160 e. The Morgan fingerprint density at radius 2 is 1.16 bits per heavy atom. The molecule has 11 rings (SSSR count). The van der Waals surface area contributed by atoms with Crippen molar-refractivity contribution in [3.8, 4) is 5.69 Å². The Balaban J connectivity index is 1.09. The summed E-state index contributed by atoms with van der Waals surface area (Å²) >= 11 is 3.71. The summed E-state index contributed by atoms with van der Waals surface area (Å²) in [5, 5.41) is 11.2. The van der Waals surface area contributed by atoms with Crippen LogP contribution < -0.4 is 5.32 Å². The van der Waals surface area contributed by atoms with E-state index in [1.807, 2.05) is 34.8 Å². The van der Waals surface area contributed by atoms with Gasteiger partial charge in [-0.15, -0.1) is 22.7 Å². The quantitative estimate of drug-likeness (QED) is 0.196. The molecule has 10 aromatic rings. The first-order valence-corrected chi connectivity index (χ1v) is 18.7. The first-order valence-electron chi connectivity index (χ1n) is 17.1. The lowest BCUT2D eigenvalue weighted by Gasteiger charge is -2.23. The minimum absolute atomic E-state index is 0.237. The van der Waals surface area contributed by atoms with Crippen LogP contribution in [0.5, 0.6) is 0 Å². The monoisotopic (exact) mass is 688 g/mol. The highest BCUT2D eigenvalue weighted by atomic mass is 32.1. The molecular weight excluding hydrogens is 661 g/mol. The van der Waals surface area contributed by atoms with E-state index in [4.69, 9.17) is 9.98 Å². The van der Waals surface area contributed by atoms with Gasteiger partial charge in [0.1, 0.15) is 12.0 Å². The maximum Gasteiger partial charge on any atom is 0.160 e. The molecule has 51 heavy (non-hydrogen) atoms. The molecule has 240 valence electrons. The van der Waals surface area contributed by atoms with E-state index in [-0.39, 0.29) is 6.17 Å². The van der Waals surface area contributed by atoms with Crippen LogP contribution in [0.25, 0.3) is 67.8 Å². The topological polar surface area (TPSA) is 41.7 Å². The van der Waals surface area contributed by atoms with Gasteiger partial charge < -0.3 is 9.88 Å². The molecule has 1 aliphatic heterocycles. The number of amidine groups is 2. The van der Waals surface area contributed by atoms with Gasteiger partial charge in [-0.25, -0.2) is 9.98 Å². The number of para-hydroxylation sites is 2. The Kier molecular flexibility index (Phi) is 6.32. The van der Waals surface area contributed by atoms with Gasteiger partial charge in [0.05, 0.1) is 11.0 Å². The van der Waals surface area contributed by atoms with E-state index < -0.39 is 0 Å². The number of aliphatic imine (C=N–C) groups is 2. The number of fused-ring (bicyclic) bond motifs is 9. The summed E-state index contributed by atoms with van der Waals surface area (Å²) in [5.74, 6) is 1.58. The molecule has 0 bridgehead atoms. The summed E-state index contributed by atoms with van der Waals surface area (Å²) in [6, 6.07) is 56.5. The molecule has 0 radical (unpaired) electrons. The van der Waals surface area contributed by atoms with Crippen molar-refractivity contribution < 1.29 is 0 Å². The van der Waals surface area contributed by atoms with Gasteiger partial charge in [0.15, 0.2) is 5.84 Å². The molecule has 0 aliphatic carbocycles. The highest BCUT2D eigenvalue weighted by molar-refractivity contribution is 7.28. The van der Waals surface area contributed by atoms with Crippen LogP contribution in [0.2, 0.25) is 0 Å². The fourth-order valence-electron chi connectivity index (χ4n) is 7.69. The van der Waals surface area contributed by atoms with Gasteiger partial charge in [-0.1, -0.05) is 109 Å². The second kappa shape index (κ2) is 11.2. The second-order valence-corrected chi connectivity index (χ2v) is 15.2. The molecule has 4 nitrogen and oxygen atoms in total. The average molecular weight is 689 g/mol. The molecule has 0 saturated heterocycles. The number of benzene rings is 7. The first kappa shape index (κ1) is 28.7. The van der Waals surface area contributed by atoms with Crippen molar-refractivity contribution in [1.82, 2.24) is 9.88 Å². The molecule has 0 spiro atoms. The molecule has 1 N–H and O–H groups in total. The van der Waals surface area contributed by atoms with Crippen LogP contribution in [-0.2, 0) is 0 Å². The maximum atomic E-state index is 5.21. The number of thiophene rings is 2. The Bertz CT molecular complexity index is 3000. The number of aromatic nitrogens is 1. The van der Waals surface area contributed by atoms with Crippen LogP contribution in [0, 0.1) is 0 Å². The molecule has 1 unspecified atom stereocenters. The van der Waals surface area contributed by atoms with Gasteiger partial charge in [-0.2, -0.15) is 0 Å². The normalized spacial score (nSPS) is 14.9. The molecular formula is C45H28N4S2. The number of hydrogen-bond acceptors (Lipinski definition) is 5. The summed E-state index contributed by atoms with van der Waals surface area (Å²) in [5.41, 5.74) is 6.85. The van der Waals surface area contributed by atoms with Gasteiger partial charge in [-0.05, 0) is 54.1 Å². The molecule has 4 heterocycles. The standard InChI is InChI=1S/C45H28N4S2/c1-3-12-27(13-4-1)43-46-44(28-14-5-2-6-15-28)48-45(47-43)33-19-11-18-32-35-25-36-34-24-29(22-23-39(34)50-40(36)26-41(35)51-42(32)33)49-37-20-9-7-16-30(37)31-17-8-10-21-38(31)49/h1-26,43H,(H,46,47,48). The minimum Gasteiger partial charge on any atom is -0.344 e. The molecule has 7 aromatic carbocycles. The SMILES string of the molecule is c1ccc(C2=NC(c3cccc4c3sc3cc5sc6ccc(-n7c8ccccc8c8ccccc87)cc6c5cc34)=NC(c3ccccc3)N2)cc1. The molecule has 1 atom stereocenters. The summed E-state index contributed by atoms with van der Waals surface area (Å²) in [6.45, 7) is 0. The predicted molar refractivity (Wildman–Crippen MR) is 218 cm³/mol. The van der Waals surface area contributed by atoms with Gasteiger partial charge in [-0.3, -0.25) is 0 Å². The largest absolute Gasteiger partial charge is 0.344 e. The predicted octanol–water partition coefficient (Wildman–Crippen LogP) is 12.0. The number of nitrogens with one attached hydrogen (secondary N) is 1. The van der Waals surface area contributed by atoms with Gasteiger partial charge in [0, 0.05) is 67.9 Å². The number of nitrogens with zero attached hydrogens (tertiary/aromatic N) is 3.